The van der Waals surface area contributed by atoms with Gasteiger partial charge in [0.15, 0.2) is 0 Å². The lowest BCUT2D eigenvalue weighted by Crippen LogP contribution is -2.12. The van der Waals surface area contributed by atoms with Gasteiger partial charge in [-0.2, -0.15) is 0 Å². The fourth-order valence-electron chi connectivity index (χ4n) is 5.03. The number of hydrogen-bond donors (Lipinski definition) is 0. The van der Waals surface area contributed by atoms with E-state index in [9.17, 15) is 0 Å². The third kappa shape index (κ3) is 3.97. The summed E-state index contributed by atoms with van der Waals surface area (Å²) in [6, 6.07) is 47.8. The van der Waals surface area contributed by atoms with Gasteiger partial charge in [-0.25, -0.2) is 0 Å². The number of benzene rings is 6. The molecule has 0 N–H and O–H groups in total. The highest BCUT2D eigenvalue weighted by Crippen LogP contribution is 2.42. The average Bonchev–Trinajstić information content (AvgIpc) is 2.93. The summed E-state index contributed by atoms with van der Waals surface area (Å²) in [5.74, 6) is 0. The Bertz CT molecular complexity index is 1580. The lowest BCUT2D eigenvalue weighted by atomic mass is 10.0. The molecule has 0 aliphatic rings. The van der Waals surface area contributed by atoms with Crippen LogP contribution in [0.2, 0.25) is 0 Å². The van der Waals surface area contributed by atoms with Crippen LogP contribution in [0.5, 0.6) is 0 Å². The summed E-state index contributed by atoms with van der Waals surface area (Å²) in [4.78, 5) is 4.62. The van der Waals surface area contributed by atoms with Crippen molar-refractivity contribution < 1.29 is 0 Å². The predicted octanol–water partition coefficient (Wildman–Crippen LogP) is 9.54. The van der Waals surface area contributed by atoms with Gasteiger partial charge in [0.2, 0.25) is 0 Å². The normalized spacial score (nSPS) is 11.1. The summed E-state index contributed by atoms with van der Waals surface area (Å²) < 4.78 is 0. The molecule has 6 aromatic carbocycles. The van der Waals surface area contributed by atoms with E-state index in [1.54, 1.807) is 0 Å². The Morgan fingerprint density at radius 1 is 0.444 bits per heavy atom. The van der Waals surface area contributed by atoms with Gasteiger partial charge in [-0.1, -0.05) is 84.9 Å². The van der Waals surface area contributed by atoms with Crippen molar-refractivity contribution >= 4 is 50.0 Å². The Morgan fingerprint density at radius 3 is 1.53 bits per heavy atom. The van der Waals surface area contributed by atoms with Gasteiger partial charge in [0.25, 0.3) is 0 Å². The second-order valence-corrected chi connectivity index (χ2v) is 9.25. The molecule has 2 heteroatoms. The molecule has 0 fully saturated rings. The molecule has 0 saturated heterocycles. The lowest BCUT2D eigenvalue weighted by molar-refractivity contribution is 1.20. The molecule has 0 spiro atoms. The van der Waals surface area contributed by atoms with E-state index in [0.29, 0.717) is 0 Å². The van der Waals surface area contributed by atoms with E-state index in [4.69, 9.17) is 0 Å². The fraction of sp³-hybridized carbons (Fsp3) is 0.0588. The van der Waals surface area contributed by atoms with E-state index in [0.717, 1.165) is 11.4 Å². The highest BCUT2D eigenvalue weighted by Gasteiger charge is 2.17. The number of nitrogens with zero attached hydrogens (tertiary/aromatic N) is 2. The Hall–Kier alpha value is -4.56. The van der Waals surface area contributed by atoms with Crippen LogP contribution in [0.1, 0.15) is 5.56 Å². The van der Waals surface area contributed by atoms with E-state index in [1.807, 2.05) is 0 Å². The first kappa shape index (κ1) is 21.9. The van der Waals surface area contributed by atoms with Crippen LogP contribution in [0.25, 0.3) is 21.5 Å². The minimum Gasteiger partial charge on any atom is -0.345 e. The molecule has 2 nitrogen and oxygen atoms in total. The van der Waals surface area contributed by atoms with Crippen molar-refractivity contribution in [2.24, 2.45) is 0 Å². The summed E-state index contributed by atoms with van der Waals surface area (Å²) in [5.41, 5.74) is 7.06. The zero-order chi connectivity index (χ0) is 24.5. The van der Waals surface area contributed by atoms with Crippen molar-refractivity contribution in [3.05, 3.63) is 139 Å². The van der Waals surface area contributed by atoms with Crippen molar-refractivity contribution in [3.63, 3.8) is 0 Å². The van der Waals surface area contributed by atoms with Crippen LogP contribution in [0.3, 0.4) is 0 Å². The highest BCUT2D eigenvalue weighted by atomic mass is 15.1. The average molecular weight is 465 g/mol. The van der Waals surface area contributed by atoms with Crippen LogP contribution < -0.4 is 9.80 Å². The summed E-state index contributed by atoms with van der Waals surface area (Å²) in [5, 5.41) is 4.93. The molecular weight excluding hydrogens is 436 g/mol. The first-order valence-corrected chi connectivity index (χ1v) is 12.4. The number of anilines is 5. The molecule has 0 radical (unpaired) electrons. The maximum Gasteiger partial charge on any atom is 0.0540 e. The van der Waals surface area contributed by atoms with Gasteiger partial charge in [0.05, 0.1) is 11.4 Å². The van der Waals surface area contributed by atoms with Gasteiger partial charge in [-0.05, 0) is 71.8 Å². The lowest BCUT2D eigenvalue weighted by Gasteiger charge is -2.29. The second-order valence-electron chi connectivity index (χ2n) is 9.25. The van der Waals surface area contributed by atoms with Gasteiger partial charge in [0.1, 0.15) is 0 Å². The molecular formula is C34H28N2. The van der Waals surface area contributed by atoms with Gasteiger partial charge in [0, 0.05) is 34.9 Å². The summed E-state index contributed by atoms with van der Waals surface area (Å²) >= 11 is 0. The van der Waals surface area contributed by atoms with Crippen LogP contribution in [-0.2, 0) is 0 Å². The molecule has 0 aliphatic carbocycles. The Morgan fingerprint density at radius 2 is 0.944 bits per heavy atom. The third-order valence-corrected chi connectivity index (χ3v) is 6.90. The monoisotopic (exact) mass is 464 g/mol. The molecule has 36 heavy (non-hydrogen) atoms. The van der Waals surface area contributed by atoms with Crippen LogP contribution >= 0.6 is 0 Å². The van der Waals surface area contributed by atoms with Crippen molar-refractivity contribution in [2.45, 2.75) is 6.92 Å². The maximum atomic E-state index is 2.39. The van der Waals surface area contributed by atoms with Gasteiger partial charge < -0.3 is 9.80 Å². The van der Waals surface area contributed by atoms with Crippen molar-refractivity contribution in [1.29, 1.82) is 0 Å². The zero-order valence-corrected chi connectivity index (χ0v) is 20.6. The highest BCUT2D eigenvalue weighted by molar-refractivity contribution is 6.04. The van der Waals surface area contributed by atoms with E-state index >= 15 is 0 Å². The number of fused-ring (bicyclic) bond motifs is 2. The molecule has 0 aliphatic heterocycles. The molecule has 6 aromatic rings. The SMILES string of the molecule is Cc1cccc(N(C)c2ccc(N(c3cccc4ccccc34)c3cccc4ccccc34)cc2)c1. The first-order chi connectivity index (χ1) is 17.7. The number of hydrogen-bond acceptors (Lipinski definition) is 2. The number of aryl methyl sites for hydroxylation is 1. The van der Waals surface area contributed by atoms with Gasteiger partial charge >= 0.3 is 0 Å². The van der Waals surface area contributed by atoms with E-state index in [-0.39, 0.29) is 0 Å². The van der Waals surface area contributed by atoms with E-state index in [1.165, 1.54) is 44.2 Å². The van der Waals surface area contributed by atoms with Crippen molar-refractivity contribution in [3.8, 4) is 0 Å². The first-order valence-electron chi connectivity index (χ1n) is 12.4. The van der Waals surface area contributed by atoms with E-state index in [2.05, 4.69) is 157 Å². The quantitative estimate of drug-likeness (QED) is 0.251. The molecule has 174 valence electrons. The van der Waals surface area contributed by atoms with Gasteiger partial charge in [-0.3, -0.25) is 0 Å². The summed E-state index contributed by atoms with van der Waals surface area (Å²) in [6.07, 6.45) is 0. The topological polar surface area (TPSA) is 6.48 Å². The van der Waals surface area contributed by atoms with Crippen LogP contribution in [0.4, 0.5) is 28.4 Å². The molecule has 0 bridgehead atoms. The van der Waals surface area contributed by atoms with Crippen molar-refractivity contribution in [1.82, 2.24) is 0 Å². The summed E-state index contributed by atoms with van der Waals surface area (Å²) in [7, 11) is 2.12. The summed E-state index contributed by atoms with van der Waals surface area (Å²) in [6.45, 7) is 2.13. The molecule has 0 aromatic heterocycles. The van der Waals surface area contributed by atoms with Crippen LogP contribution in [-0.4, -0.2) is 7.05 Å². The van der Waals surface area contributed by atoms with E-state index < -0.39 is 0 Å². The minimum atomic E-state index is 1.13. The van der Waals surface area contributed by atoms with Crippen LogP contribution in [0, 0.1) is 6.92 Å². The Kier molecular flexibility index (Phi) is 5.63. The zero-order valence-electron chi connectivity index (χ0n) is 20.6. The molecule has 0 heterocycles. The molecule has 0 amide bonds. The molecule has 0 atom stereocenters. The second kappa shape index (κ2) is 9.24. The Labute approximate surface area is 212 Å². The maximum absolute atomic E-state index is 2.39. The predicted molar refractivity (Wildman–Crippen MR) is 155 cm³/mol. The molecule has 0 unspecified atom stereocenters. The molecule has 6 rings (SSSR count). The third-order valence-electron chi connectivity index (χ3n) is 6.90. The fourth-order valence-corrected chi connectivity index (χ4v) is 5.03. The number of rotatable bonds is 5. The van der Waals surface area contributed by atoms with Crippen molar-refractivity contribution in [2.75, 3.05) is 16.8 Å². The molecule has 0 saturated carbocycles. The largest absolute Gasteiger partial charge is 0.345 e. The van der Waals surface area contributed by atoms with Gasteiger partial charge in [-0.15, -0.1) is 0 Å². The Balaban J connectivity index is 1.51. The standard InChI is InChI=1S/C34H28N2/c1-25-10-7-15-30(24-25)35(2)28-20-22-29(23-21-28)36(33-18-8-13-26-11-3-5-16-31(26)33)34-19-9-14-27-12-4-6-17-32(27)34/h3-24H,1-2H3. The smallest absolute Gasteiger partial charge is 0.0540 e. The minimum absolute atomic E-state index is 1.13. The van der Waals surface area contributed by atoms with Crippen LogP contribution in [0.15, 0.2) is 133 Å².